The molecule has 2 nitrogen and oxygen atoms in total. The predicted molar refractivity (Wildman–Crippen MR) is 65.1 cm³/mol. The topological polar surface area (TPSA) is 15.3 Å². The third-order valence-electron chi connectivity index (χ3n) is 3.77. The van der Waals surface area contributed by atoms with Gasteiger partial charge in [0.2, 0.25) is 0 Å². The lowest BCUT2D eigenvalue weighted by molar-refractivity contribution is 0.109. The third kappa shape index (κ3) is 2.82. The number of allylic oxidation sites excluding steroid dienone is 1. The van der Waals surface area contributed by atoms with Crippen molar-refractivity contribution in [3.05, 3.63) is 12.2 Å². The zero-order valence-corrected chi connectivity index (χ0v) is 9.91. The molecule has 2 aliphatic rings. The lowest BCUT2D eigenvalue weighted by atomic mass is 9.94. The molecule has 1 heterocycles. The van der Waals surface area contributed by atoms with Crippen molar-refractivity contribution < 1.29 is 0 Å². The summed E-state index contributed by atoms with van der Waals surface area (Å²) in [6.07, 6.45) is 13.0. The molecule has 0 bridgehead atoms. The van der Waals surface area contributed by atoms with Gasteiger partial charge in [0.25, 0.3) is 0 Å². The number of likely N-dealkylation sites (N-methyl/N-ethyl adjacent to an activating group) is 1. The van der Waals surface area contributed by atoms with Gasteiger partial charge in [0.1, 0.15) is 0 Å². The summed E-state index contributed by atoms with van der Waals surface area (Å²) >= 11 is 0. The van der Waals surface area contributed by atoms with Crippen LogP contribution in [0.15, 0.2) is 12.2 Å². The van der Waals surface area contributed by atoms with Crippen LogP contribution in [0.5, 0.6) is 0 Å². The smallest absolute Gasteiger partial charge is 0.0281 e. The molecule has 2 rings (SSSR count). The molecule has 1 fully saturated rings. The molecule has 0 aromatic rings. The minimum atomic E-state index is 0.734. The summed E-state index contributed by atoms with van der Waals surface area (Å²) < 4.78 is 0. The molecule has 1 saturated heterocycles. The van der Waals surface area contributed by atoms with Crippen LogP contribution in [0.2, 0.25) is 0 Å². The summed E-state index contributed by atoms with van der Waals surface area (Å²) in [5, 5.41) is 3.34. The molecule has 0 aromatic heterocycles. The summed E-state index contributed by atoms with van der Waals surface area (Å²) in [7, 11) is 2.07. The number of hydrogen-bond acceptors (Lipinski definition) is 2. The highest BCUT2D eigenvalue weighted by Crippen LogP contribution is 2.24. The van der Waals surface area contributed by atoms with E-state index in [2.05, 4.69) is 29.4 Å². The van der Waals surface area contributed by atoms with Gasteiger partial charge in [0.05, 0.1) is 0 Å². The lowest BCUT2D eigenvalue weighted by Gasteiger charge is -2.41. The maximum atomic E-state index is 3.34. The summed E-state index contributed by atoms with van der Waals surface area (Å²) in [6.45, 7) is 2.46. The van der Waals surface area contributed by atoms with Crippen molar-refractivity contribution in [2.24, 2.45) is 0 Å². The Kier molecular flexibility index (Phi) is 4.21. The first-order valence-corrected chi connectivity index (χ1v) is 6.49. The first-order valence-electron chi connectivity index (χ1n) is 6.49. The lowest BCUT2D eigenvalue weighted by Crippen LogP contribution is -2.49. The Labute approximate surface area is 93.7 Å². The van der Waals surface area contributed by atoms with E-state index >= 15 is 0 Å². The average molecular weight is 208 g/mol. The molecule has 0 aromatic carbocycles. The molecule has 1 aliphatic heterocycles. The highest BCUT2D eigenvalue weighted by molar-refractivity contribution is 5.01. The molecular formula is C13H24N2. The van der Waals surface area contributed by atoms with Crippen molar-refractivity contribution in [3.63, 3.8) is 0 Å². The quantitative estimate of drug-likeness (QED) is 0.715. The van der Waals surface area contributed by atoms with E-state index < -0.39 is 0 Å². The van der Waals surface area contributed by atoms with Gasteiger partial charge in [-0.2, -0.15) is 0 Å². The van der Waals surface area contributed by atoms with Crippen molar-refractivity contribution in [1.29, 1.82) is 0 Å². The van der Waals surface area contributed by atoms with Crippen LogP contribution in [0, 0.1) is 0 Å². The number of likely N-dealkylation sites (tertiary alicyclic amines) is 1. The molecule has 0 amide bonds. The van der Waals surface area contributed by atoms with Crippen molar-refractivity contribution >= 4 is 0 Å². The van der Waals surface area contributed by atoms with Crippen LogP contribution >= 0.6 is 0 Å². The molecule has 1 aliphatic carbocycles. The highest BCUT2D eigenvalue weighted by Gasteiger charge is 2.27. The first-order chi connectivity index (χ1) is 7.42. The van der Waals surface area contributed by atoms with Gasteiger partial charge in [-0.1, -0.05) is 18.6 Å². The van der Waals surface area contributed by atoms with E-state index in [0.29, 0.717) is 0 Å². The molecule has 2 heteroatoms. The van der Waals surface area contributed by atoms with Gasteiger partial charge in [0.15, 0.2) is 0 Å². The Morgan fingerprint density at radius 1 is 1.27 bits per heavy atom. The van der Waals surface area contributed by atoms with E-state index in [1.54, 1.807) is 0 Å². The van der Waals surface area contributed by atoms with E-state index in [1.165, 1.54) is 45.1 Å². The normalized spacial score (nSPS) is 33.1. The fourth-order valence-electron chi connectivity index (χ4n) is 2.99. The van der Waals surface area contributed by atoms with Crippen molar-refractivity contribution in [3.8, 4) is 0 Å². The van der Waals surface area contributed by atoms with E-state index in [0.717, 1.165) is 18.6 Å². The fourth-order valence-corrected chi connectivity index (χ4v) is 2.99. The predicted octanol–water partition coefficient (Wildman–Crippen LogP) is 2.17. The zero-order valence-electron chi connectivity index (χ0n) is 9.91. The Morgan fingerprint density at radius 2 is 2.20 bits per heavy atom. The maximum absolute atomic E-state index is 3.34. The minimum Gasteiger partial charge on any atom is -0.318 e. The van der Waals surface area contributed by atoms with Crippen LogP contribution in [0.3, 0.4) is 0 Å². The van der Waals surface area contributed by atoms with Gasteiger partial charge in [0, 0.05) is 18.6 Å². The monoisotopic (exact) mass is 208 g/mol. The van der Waals surface area contributed by atoms with E-state index in [9.17, 15) is 0 Å². The fraction of sp³-hybridized carbons (Fsp3) is 0.846. The molecule has 0 saturated carbocycles. The van der Waals surface area contributed by atoms with Gasteiger partial charge in [-0.05, 0) is 45.7 Å². The van der Waals surface area contributed by atoms with E-state index in [1.807, 2.05) is 0 Å². The van der Waals surface area contributed by atoms with Crippen molar-refractivity contribution in [2.45, 2.75) is 50.6 Å². The van der Waals surface area contributed by atoms with Crippen molar-refractivity contribution in [1.82, 2.24) is 10.2 Å². The minimum absolute atomic E-state index is 0.734. The standard InChI is InChI=1S/C13H24N2/c1-14-11-13-9-5-6-10-15(13)12-7-3-2-4-8-12/h3,7,12-14H,2,4-6,8-11H2,1H3. The van der Waals surface area contributed by atoms with Gasteiger partial charge in [-0.3, -0.25) is 4.90 Å². The average Bonchev–Trinajstić information content (AvgIpc) is 2.31. The molecule has 15 heavy (non-hydrogen) atoms. The zero-order chi connectivity index (χ0) is 10.5. The highest BCUT2D eigenvalue weighted by atomic mass is 15.2. The van der Waals surface area contributed by atoms with Gasteiger partial charge in [-0.25, -0.2) is 0 Å². The first kappa shape index (κ1) is 11.2. The summed E-state index contributed by atoms with van der Waals surface area (Å²) in [5.41, 5.74) is 0. The van der Waals surface area contributed by atoms with Crippen molar-refractivity contribution in [2.75, 3.05) is 20.1 Å². The number of rotatable bonds is 3. The summed E-state index contributed by atoms with van der Waals surface area (Å²) in [6, 6.07) is 1.51. The number of nitrogens with zero attached hydrogens (tertiary/aromatic N) is 1. The molecule has 86 valence electrons. The van der Waals surface area contributed by atoms with E-state index in [-0.39, 0.29) is 0 Å². The maximum Gasteiger partial charge on any atom is 0.0281 e. The third-order valence-corrected chi connectivity index (χ3v) is 3.77. The summed E-state index contributed by atoms with van der Waals surface area (Å²) in [4.78, 5) is 2.73. The second-order valence-corrected chi connectivity index (χ2v) is 4.87. The molecule has 2 unspecified atom stereocenters. The van der Waals surface area contributed by atoms with Crippen LogP contribution < -0.4 is 5.32 Å². The Morgan fingerprint density at radius 3 is 2.93 bits per heavy atom. The number of nitrogens with one attached hydrogen (secondary N) is 1. The van der Waals surface area contributed by atoms with Gasteiger partial charge < -0.3 is 5.32 Å². The molecule has 2 atom stereocenters. The Bertz CT molecular complexity index is 211. The van der Waals surface area contributed by atoms with E-state index in [4.69, 9.17) is 0 Å². The Balaban J connectivity index is 1.96. The molecular weight excluding hydrogens is 184 g/mol. The number of piperidine rings is 1. The van der Waals surface area contributed by atoms with Crippen LogP contribution in [-0.2, 0) is 0 Å². The van der Waals surface area contributed by atoms with Crippen LogP contribution in [0.25, 0.3) is 0 Å². The van der Waals surface area contributed by atoms with Crippen LogP contribution in [-0.4, -0.2) is 37.1 Å². The molecule has 0 spiro atoms. The second-order valence-electron chi connectivity index (χ2n) is 4.87. The SMILES string of the molecule is CNCC1CCCCN1C1C=CCCC1. The summed E-state index contributed by atoms with van der Waals surface area (Å²) in [5.74, 6) is 0. The number of hydrogen-bond donors (Lipinski definition) is 1. The largest absolute Gasteiger partial charge is 0.318 e. The van der Waals surface area contributed by atoms with Crippen LogP contribution in [0.1, 0.15) is 38.5 Å². The molecule has 1 N–H and O–H groups in total. The Hall–Kier alpha value is -0.340. The van der Waals surface area contributed by atoms with Crippen LogP contribution in [0.4, 0.5) is 0 Å². The molecule has 0 radical (unpaired) electrons. The van der Waals surface area contributed by atoms with Gasteiger partial charge in [-0.15, -0.1) is 0 Å². The second kappa shape index (κ2) is 5.66. The van der Waals surface area contributed by atoms with Gasteiger partial charge >= 0.3 is 0 Å².